The molecular weight excluding hydrogens is 482 g/mol. The zero-order valence-corrected chi connectivity index (χ0v) is 20.9. The lowest BCUT2D eigenvalue weighted by Gasteiger charge is -2.26. The molecule has 0 unspecified atom stereocenters. The monoisotopic (exact) mass is 509 g/mol. The van der Waals surface area contributed by atoms with Crippen molar-refractivity contribution < 1.29 is 13.2 Å². The van der Waals surface area contributed by atoms with Crippen LogP contribution in [0, 0.1) is 0 Å². The maximum atomic E-state index is 13.0. The molecule has 1 N–H and O–H groups in total. The molecule has 0 aliphatic carbocycles. The summed E-state index contributed by atoms with van der Waals surface area (Å²) in [5.41, 5.74) is 3.83. The predicted octanol–water partition coefficient (Wildman–Crippen LogP) is 3.42. The van der Waals surface area contributed by atoms with Gasteiger partial charge in [0.1, 0.15) is 0 Å². The molecule has 1 saturated heterocycles. The third kappa shape index (κ3) is 5.71. The molecular formula is C26H27N3O4S2. The Bertz CT molecular complexity index is 1460. The quantitative estimate of drug-likeness (QED) is 0.394. The average molecular weight is 510 g/mol. The fourth-order valence-electron chi connectivity index (χ4n) is 4.17. The molecule has 182 valence electrons. The molecule has 1 aliphatic rings. The number of morpholine rings is 1. The minimum absolute atomic E-state index is 0.108. The van der Waals surface area contributed by atoms with Crippen LogP contribution in [0.25, 0.3) is 10.2 Å². The first-order chi connectivity index (χ1) is 17.0. The van der Waals surface area contributed by atoms with E-state index in [4.69, 9.17) is 4.74 Å². The van der Waals surface area contributed by atoms with Gasteiger partial charge in [0.05, 0.1) is 34.9 Å². The van der Waals surface area contributed by atoms with Crippen molar-refractivity contribution in [2.24, 2.45) is 0 Å². The summed E-state index contributed by atoms with van der Waals surface area (Å²) in [5, 5.41) is 0. The minimum Gasteiger partial charge on any atom is -0.379 e. The average Bonchev–Trinajstić information content (AvgIpc) is 3.19. The van der Waals surface area contributed by atoms with Gasteiger partial charge in [-0.2, -0.15) is 0 Å². The van der Waals surface area contributed by atoms with Gasteiger partial charge in [0.2, 0.25) is 10.0 Å². The Balaban J connectivity index is 1.26. The standard InChI is InChI=1S/C26H27N3O4S2/c30-26-29(19-21-4-2-1-3-5-21)24-11-10-23(16-25(24)34-26)35(31,32)27-17-20-6-8-22(9-7-20)18-28-12-14-33-15-13-28/h1-11,16,27H,12-15,17-19H2. The van der Waals surface area contributed by atoms with E-state index < -0.39 is 10.0 Å². The molecule has 5 rings (SSSR count). The number of nitrogens with zero attached hydrogens (tertiary/aromatic N) is 2. The molecule has 1 fully saturated rings. The number of thiazole rings is 1. The van der Waals surface area contributed by atoms with Gasteiger partial charge in [0.15, 0.2) is 0 Å². The summed E-state index contributed by atoms with van der Waals surface area (Å²) < 4.78 is 36.3. The van der Waals surface area contributed by atoms with Gasteiger partial charge in [-0.25, -0.2) is 13.1 Å². The molecule has 0 saturated carbocycles. The van der Waals surface area contributed by atoms with E-state index in [1.54, 1.807) is 22.8 Å². The van der Waals surface area contributed by atoms with Crippen LogP contribution in [0.5, 0.6) is 0 Å². The topological polar surface area (TPSA) is 80.6 Å². The molecule has 0 bridgehead atoms. The minimum atomic E-state index is -3.72. The van der Waals surface area contributed by atoms with Crippen LogP contribution < -0.4 is 9.60 Å². The zero-order valence-electron chi connectivity index (χ0n) is 19.2. The summed E-state index contributed by atoms with van der Waals surface area (Å²) in [6.45, 7) is 4.89. The van der Waals surface area contributed by atoms with Crippen molar-refractivity contribution in [1.82, 2.24) is 14.2 Å². The molecule has 2 heterocycles. The van der Waals surface area contributed by atoms with Crippen molar-refractivity contribution in [1.29, 1.82) is 0 Å². The molecule has 7 nitrogen and oxygen atoms in total. The first-order valence-electron chi connectivity index (χ1n) is 11.5. The van der Waals surface area contributed by atoms with Crippen LogP contribution in [0.3, 0.4) is 0 Å². The highest BCUT2D eigenvalue weighted by atomic mass is 32.2. The molecule has 0 radical (unpaired) electrons. The van der Waals surface area contributed by atoms with E-state index >= 15 is 0 Å². The van der Waals surface area contributed by atoms with Crippen LogP contribution in [-0.4, -0.2) is 44.2 Å². The zero-order chi connectivity index (χ0) is 24.3. The van der Waals surface area contributed by atoms with Crippen LogP contribution in [0.1, 0.15) is 16.7 Å². The normalized spacial score (nSPS) is 15.0. The van der Waals surface area contributed by atoms with Crippen LogP contribution in [0.15, 0.2) is 82.5 Å². The van der Waals surface area contributed by atoms with E-state index in [1.165, 1.54) is 5.56 Å². The van der Waals surface area contributed by atoms with Gasteiger partial charge in [-0.05, 0) is 34.9 Å². The number of aromatic nitrogens is 1. The van der Waals surface area contributed by atoms with Crippen molar-refractivity contribution in [3.05, 3.63) is 99.2 Å². The molecule has 0 amide bonds. The van der Waals surface area contributed by atoms with Crippen LogP contribution >= 0.6 is 11.3 Å². The summed E-state index contributed by atoms with van der Waals surface area (Å²) in [7, 11) is -3.72. The Morgan fingerprint density at radius 2 is 1.54 bits per heavy atom. The third-order valence-corrected chi connectivity index (χ3v) is 8.47. The van der Waals surface area contributed by atoms with Gasteiger partial charge in [-0.3, -0.25) is 14.3 Å². The summed E-state index contributed by atoms with van der Waals surface area (Å²) in [6, 6.07) is 22.6. The Morgan fingerprint density at radius 1 is 0.857 bits per heavy atom. The Labute approximate surface area is 208 Å². The third-order valence-electron chi connectivity index (χ3n) is 6.13. The van der Waals surface area contributed by atoms with Gasteiger partial charge in [-0.15, -0.1) is 0 Å². The molecule has 0 atom stereocenters. The first kappa shape index (κ1) is 23.9. The first-order valence-corrected chi connectivity index (χ1v) is 13.8. The highest BCUT2D eigenvalue weighted by Crippen LogP contribution is 2.23. The van der Waals surface area contributed by atoms with Crippen molar-refractivity contribution in [2.45, 2.75) is 24.5 Å². The van der Waals surface area contributed by atoms with Crippen LogP contribution in [-0.2, 0) is 34.4 Å². The highest BCUT2D eigenvalue weighted by molar-refractivity contribution is 7.89. The summed E-state index contributed by atoms with van der Waals surface area (Å²) in [4.78, 5) is 15.0. The SMILES string of the molecule is O=c1sc2cc(S(=O)(=O)NCc3ccc(CN4CCOCC4)cc3)ccc2n1Cc1ccccc1. The maximum absolute atomic E-state index is 13.0. The lowest BCUT2D eigenvalue weighted by atomic mass is 10.1. The number of rotatable bonds is 8. The van der Waals surface area contributed by atoms with Crippen LogP contribution in [0.2, 0.25) is 0 Å². The van der Waals surface area contributed by atoms with E-state index in [-0.39, 0.29) is 16.3 Å². The fraction of sp³-hybridized carbons (Fsp3) is 0.269. The summed E-state index contributed by atoms with van der Waals surface area (Å²) in [6.07, 6.45) is 0. The van der Waals surface area contributed by atoms with Gasteiger partial charge in [0, 0.05) is 26.2 Å². The van der Waals surface area contributed by atoms with Crippen molar-refractivity contribution in [3.63, 3.8) is 0 Å². The number of nitrogens with one attached hydrogen (secondary N) is 1. The van der Waals surface area contributed by atoms with Crippen molar-refractivity contribution in [3.8, 4) is 0 Å². The number of sulfonamides is 1. The summed E-state index contributed by atoms with van der Waals surface area (Å²) in [5.74, 6) is 0. The van der Waals surface area contributed by atoms with E-state index in [9.17, 15) is 13.2 Å². The van der Waals surface area contributed by atoms with Gasteiger partial charge in [-0.1, -0.05) is 65.9 Å². The molecule has 4 aromatic rings. The van der Waals surface area contributed by atoms with E-state index in [0.29, 0.717) is 11.2 Å². The summed E-state index contributed by atoms with van der Waals surface area (Å²) >= 11 is 1.06. The van der Waals surface area contributed by atoms with Crippen LogP contribution in [0.4, 0.5) is 0 Å². The Hall–Kier alpha value is -2.82. The Morgan fingerprint density at radius 3 is 2.29 bits per heavy atom. The van der Waals surface area contributed by atoms with Crippen molar-refractivity contribution >= 4 is 31.6 Å². The second kappa shape index (κ2) is 10.4. The second-order valence-electron chi connectivity index (χ2n) is 8.60. The smallest absolute Gasteiger partial charge is 0.308 e. The number of fused-ring (bicyclic) bond motifs is 1. The molecule has 3 aromatic carbocycles. The largest absolute Gasteiger partial charge is 0.379 e. The predicted molar refractivity (Wildman–Crippen MR) is 138 cm³/mol. The van der Waals surface area contributed by atoms with Gasteiger partial charge >= 0.3 is 4.87 Å². The molecule has 1 aromatic heterocycles. The molecule has 35 heavy (non-hydrogen) atoms. The Kier molecular flexibility index (Phi) is 7.12. The van der Waals surface area contributed by atoms with Gasteiger partial charge in [0.25, 0.3) is 0 Å². The lowest BCUT2D eigenvalue weighted by Crippen LogP contribution is -2.35. The van der Waals surface area contributed by atoms with Crippen molar-refractivity contribution in [2.75, 3.05) is 26.3 Å². The number of ether oxygens (including phenoxy) is 1. The maximum Gasteiger partial charge on any atom is 0.308 e. The number of hydrogen-bond donors (Lipinski definition) is 1. The number of benzene rings is 3. The van der Waals surface area contributed by atoms with E-state index in [2.05, 4.69) is 9.62 Å². The van der Waals surface area contributed by atoms with Gasteiger partial charge < -0.3 is 4.74 Å². The molecule has 9 heteroatoms. The van der Waals surface area contributed by atoms with E-state index in [0.717, 1.165) is 60.8 Å². The highest BCUT2D eigenvalue weighted by Gasteiger charge is 2.17. The lowest BCUT2D eigenvalue weighted by molar-refractivity contribution is 0.0342. The second-order valence-corrected chi connectivity index (χ2v) is 11.4. The molecule has 0 spiro atoms. The van der Waals surface area contributed by atoms with E-state index in [1.807, 2.05) is 54.6 Å². The fourth-order valence-corrected chi connectivity index (χ4v) is 6.22. The molecule has 1 aliphatic heterocycles. The number of hydrogen-bond acceptors (Lipinski definition) is 6.